The predicted octanol–water partition coefficient (Wildman–Crippen LogP) is 2.41. The molecule has 1 aromatic heterocycles. The first-order chi connectivity index (χ1) is 6.22. The van der Waals surface area contributed by atoms with E-state index in [4.69, 9.17) is 0 Å². The summed E-state index contributed by atoms with van der Waals surface area (Å²) in [4.78, 5) is 3.69. The lowest BCUT2D eigenvalue weighted by Crippen LogP contribution is -2.03. The molecule has 2 nitrogen and oxygen atoms in total. The summed E-state index contributed by atoms with van der Waals surface area (Å²) in [6, 6.07) is 3.08. The number of halogens is 2. The van der Waals surface area contributed by atoms with Crippen molar-refractivity contribution in [3.63, 3.8) is 0 Å². The normalized spacial score (nSPS) is 10.1. The topological polar surface area (TPSA) is 22.1 Å². The van der Waals surface area contributed by atoms with E-state index in [1.54, 1.807) is 12.1 Å². The zero-order chi connectivity index (χ0) is 9.68. The number of pyridine rings is 1. The van der Waals surface area contributed by atoms with E-state index >= 15 is 0 Å². The van der Waals surface area contributed by atoms with Crippen LogP contribution in [0.5, 0.6) is 5.88 Å². The van der Waals surface area contributed by atoms with Gasteiger partial charge in [0.2, 0.25) is 5.88 Å². The van der Waals surface area contributed by atoms with Gasteiger partial charge >= 0.3 is 6.61 Å². The van der Waals surface area contributed by atoms with Crippen LogP contribution in [0.1, 0.15) is 5.56 Å². The fraction of sp³-hybridized carbons (Fsp3) is 0.222. The van der Waals surface area contributed by atoms with Gasteiger partial charge in [-0.05, 0) is 12.0 Å². The van der Waals surface area contributed by atoms with Crippen LogP contribution in [0, 0.1) is 0 Å². The highest BCUT2D eigenvalue weighted by Crippen LogP contribution is 2.10. The van der Waals surface area contributed by atoms with Gasteiger partial charge in [-0.1, -0.05) is 12.1 Å². The van der Waals surface area contributed by atoms with E-state index in [1.807, 2.05) is 0 Å². The van der Waals surface area contributed by atoms with Gasteiger partial charge in [-0.25, -0.2) is 4.98 Å². The fourth-order valence-electron chi connectivity index (χ4n) is 0.859. The monoisotopic (exact) mass is 185 g/mol. The van der Waals surface area contributed by atoms with Crippen molar-refractivity contribution >= 4 is 0 Å². The number of allylic oxidation sites excluding steroid dienone is 1. The molecular weight excluding hydrogens is 176 g/mol. The van der Waals surface area contributed by atoms with Gasteiger partial charge in [0.25, 0.3) is 0 Å². The van der Waals surface area contributed by atoms with Crippen molar-refractivity contribution in [1.82, 2.24) is 4.98 Å². The van der Waals surface area contributed by atoms with Gasteiger partial charge in [0, 0.05) is 12.3 Å². The maximum Gasteiger partial charge on any atom is 0.388 e. The Labute approximate surface area is 74.9 Å². The van der Waals surface area contributed by atoms with Crippen LogP contribution in [-0.4, -0.2) is 11.6 Å². The minimum atomic E-state index is -2.82. The van der Waals surface area contributed by atoms with Crippen LogP contribution in [0.4, 0.5) is 8.78 Å². The van der Waals surface area contributed by atoms with Crippen LogP contribution < -0.4 is 4.74 Å². The summed E-state index contributed by atoms with van der Waals surface area (Å²) in [5, 5.41) is 0. The highest BCUT2D eigenvalue weighted by molar-refractivity contribution is 5.19. The van der Waals surface area contributed by atoms with Crippen molar-refractivity contribution in [2.24, 2.45) is 0 Å². The Kier molecular flexibility index (Phi) is 3.37. The lowest BCUT2D eigenvalue weighted by atomic mass is 10.2. The SMILES string of the molecule is C=CCc1ccc(OC(F)F)nc1. The third-order valence-corrected chi connectivity index (χ3v) is 1.39. The van der Waals surface area contributed by atoms with Crippen molar-refractivity contribution in [3.8, 4) is 5.88 Å². The van der Waals surface area contributed by atoms with Crippen LogP contribution in [0.3, 0.4) is 0 Å². The highest BCUT2D eigenvalue weighted by atomic mass is 19.3. The Morgan fingerprint density at radius 1 is 1.54 bits per heavy atom. The molecule has 0 aliphatic heterocycles. The molecule has 0 N–H and O–H groups in total. The summed E-state index contributed by atoms with van der Waals surface area (Å²) >= 11 is 0. The average Bonchev–Trinajstić information content (AvgIpc) is 2.08. The summed E-state index contributed by atoms with van der Waals surface area (Å²) in [7, 11) is 0. The van der Waals surface area contributed by atoms with Crippen molar-refractivity contribution in [2.75, 3.05) is 0 Å². The maximum absolute atomic E-state index is 11.7. The van der Waals surface area contributed by atoms with Gasteiger partial charge < -0.3 is 4.74 Å². The van der Waals surface area contributed by atoms with Gasteiger partial charge in [-0.15, -0.1) is 6.58 Å². The molecule has 1 rings (SSSR count). The van der Waals surface area contributed by atoms with Gasteiger partial charge in [0.1, 0.15) is 0 Å². The zero-order valence-corrected chi connectivity index (χ0v) is 6.91. The quantitative estimate of drug-likeness (QED) is 0.672. The molecule has 0 aliphatic carbocycles. The Morgan fingerprint density at radius 2 is 2.31 bits per heavy atom. The number of hydrogen-bond acceptors (Lipinski definition) is 2. The van der Waals surface area contributed by atoms with Crippen molar-refractivity contribution in [2.45, 2.75) is 13.0 Å². The Morgan fingerprint density at radius 3 is 2.77 bits per heavy atom. The summed E-state index contributed by atoms with van der Waals surface area (Å²) in [5.41, 5.74) is 0.914. The second kappa shape index (κ2) is 4.54. The summed E-state index contributed by atoms with van der Waals surface area (Å²) in [6.07, 6.45) is 3.87. The van der Waals surface area contributed by atoms with E-state index in [0.29, 0.717) is 6.42 Å². The first kappa shape index (κ1) is 9.64. The molecule has 0 radical (unpaired) electrons. The van der Waals surface area contributed by atoms with Crippen LogP contribution >= 0.6 is 0 Å². The molecule has 1 heterocycles. The molecule has 0 unspecified atom stereocenters. The second-order valence-corrected chi connectivity index (χ2v) is 2.38. The number of alkyl halides is 2. The van der Waals surface area contributed by atoms with Crippen LogP contribution in [0.2, 0.25) is 0 Å². The Balaban J connectivity index is 2.63. The molecule has 0 aromatic carbocycles. The van der Waals surface area contributed by atoms with Crippen LogP contribution in [0.15, 0.2) is 31.0 Å². The minimum Gasteiger partial charge on any atom is -0.417 e. The summed E-state index contributed by atoms with van der Waals surface area (Å²) in [5.74, 6) is -0.0668. The third kappa shape index (κ3) is 3.19. The van der Waals surface area contributed by atoms with E-state index in [-0.39, 0.29) is 5.88 Å². The van der Waals surface area contributed by atoms with Crippen molar-refractivity contribution < 1.29 is 13.5 Å². The van der Waals surface area contributed by atoms with E-state index in [2.05, 4.69) is 16.3 Å². The number of ether oxygens (including phenoxy) is 1. The molecule has 70 valence electrons. The van der Waals surface area contributed by atoms with Crippen molar-refractivity contribution in [1.29, 1.82) is 0 Å². The molecule has 0 amide bonds. The highest BCUT2D eigenvalue weighted by Gasteiger charge is 2.04. The molecule has 4 heteroatoms. The Bertz CT molecular complexity index is 271. The van der Waals surface area contributed by atoms with E-state index in [1.165, 1.54) is 12.3 Å². The molecule has 1 aromatic rings. The lowest BCUT2D eigenvalue weighted by molar-refractivity contribution is -0.0528. The average molecular weight is 185 g/mol. The summed E-state index contributed by atoms with van der Waals surface area (Å²) < 4.78 is 27.5. The first-order valence-electron chi connectivity index (χ1n) is 3.73. The molecule has 0 saturated heterocycles. The molecule has 0 bridgehead atoms. The smallest absolute Gasteiger partial charge is 0.388 e. The van der Waals surface area contributed by atoms with Crippen molar-refractivity contribution in [3.05, 3.63) is 36.5 Å². The number of aromatic nitrogens is 1. The van der Waals surface area contributed by atoms with Gasteiger partial charge in [-0.3, -0.25) is 0 Å². The van der Waals surface area contributed by atoms with Crippen LogP contribution in [0.25, 0.3) is 0 Å². The zero-order valence-electron chi connectivity index (χ0n) is 6.91. The molecule has 0 saturated carbocycles. The predicted molar refractivity (Wildman–Crippen MR) is 44.8 cm³/mol. The summed E-state index contributed by atoms with van der Waals surface area (Å²) in [6.45, 7) is 0.726. The van der Waals surface area contributed by atoms with Gasteiger partial charge in [0.15, 0.2) is 0 Å². The van der Waals surface area contributed by atoms with E-state index in [0.717, 1.165) is 5.56 Å². The fourth-order valence-corrected chi connectivity index (χ4v) is 0.859. The molecule has 0 atom stereocenters. The number of nitrogens with zero attached hydrogens (tertiary/aromatic N) is 1. The van der Waals surface area contributed by atoms with E-state index in [9.17, 15) is 8.78 Å². The number of rotatable bonds is 4. The largest absolute Gasteiger partial charge is 0.417 e. The minimum absolute atomic E-state index is 0.0668. The van der Waals surface area contributed by atoms with E-state index < -0.39 is 6.61 Å². The third-order valence-electron chi connectivity index (χ3n) is 1.39. The first-order valence-corrected chi connectivity index (χ1v) is 3.73. The van der Waals surface area contributed by atoms with Gasteiger partial charge in [-0.2, -0.15) is 8.78 Å². The second-order valence-electron chi connectivity index (χ2n) is 2.38. The molecular formula is C9H9F2NO. The van der Waals surface area contributed by atoms with Crippen LogP contribution in [-0.2, 0) is 6.42 Å². The molecule has 0 fully saturated rings. The molecule has 13 heavy (non-hydrogen) atoms. The van der Waals surface area contributed by atoms with Gasteiger partial charge in [0.05, 0.1) is 0 Å². The lowest BCUT2D eigenvalue weighted by Gasteiger charge is -2.02. The number of hydrogen-bond donors (Lipinski definition) is 0. The maximum atomic E-state index is 11.7. The standard InChI is InChI=1S/C9H9F2NO/c1-2-3-7-4-5-8(12-6-7)13-9(10)11/h2,4-6,9H,1,3H2. The molecule has 0 spiro atoms. The molecule has 0 aliphatic rings. The Hall–Kier alpha value is -1.45.